The van der Waals surface area contributed by atoms with E-state index in [2.05, 4.69) is 20.9 Å². The highest BCUT2D eigenvalue weighted by Gasteiger charge is 2.24. The lowest BCUT2D eigenvalue weighted by Gasteiger charge is -2.32. The number of hydrogen-bond donors (Lipinski definition) is 1. The highest BCUT2D eigenvalue weighted by atomic mass is 79.9. The summed E-state index contributed by atoms with van der Waals surface area (Å²) in [5.41, 5.74) is 6.07. The normalized spacial score (nSPS) is 16.4. The van der Waals surface area contributed by atoms with E-state index in [9.17, 15) is 4.79 Å². The summed E-state index contributed by atoms with van der Waals surface area (Å²) < 4.78 is 6.56. The minimum atomic E-state index is 0.0409. The molecule has 1 aliphatic rings. The molecular formula is C14H20BrN3O2. The van der Waals surface area contributed by atoms with E-state index in [1.54, 1.807) is 18.5 Å². The van der Waals surface area contributed by atoms with Crippen molar-refractivity contribution in [1.29, 1.82) is 0 Å². The van der Waals surface area contributed by atoms with Crippen LogP contribution in [0.3, 0.4) is 0 Å². The Morgan fingerprint density at radius 2 is 2.20 bits per heavy atom. The molecule has 1 fully saturated rings. The second-order valence-corrected chi connectivity index (χ2v) is 5.81. The molecule has 6 heteroatoms. The van der Waals surface area contributed by atoms with Crippen molar-refractivity contribution in [3.05, 3.63) is 28.5 Å². The quantitative estimate of drug-likeness (QED) is 0.829. The van der Waals surface area contributed by atoms with Gasteiger partial charge in [-0.15, -0.1) is 0 Å². The van der Waals surface area contributed by atoms with Crippen molar-refractivity contribution in [2.75, 3.05) is 26.2 Å². The van der Waals surface area contributed by atoms with Crippen LogP contribution >= 0.6 is 15.9 Å². The fourth-order valence-electron chi connectivity index (χ4n) is 2.27. The van der Waals surface area contributed by atoms with E-state index in [0.29, 0.717) is 18.7 Å². The Labute approximate surface area is 127 Å². The second kappa shape index (κ2) is 7.71. The Morgan fingerprint density at radius 1 is 1.45 bits per heavy atom. The minimum Gasteiger partial charge on any atom is -0.378 e. The summed E-state index contributed by atoms with van der Waals surface area (Å²) in [6, 6.07) is 1.80. The third-order valence-electron chi connectivity index (χ3n) is 3.38. The number of halogens is 1. The maximum Gasteiger partial charge on any atom is 0.255 e. The number of carbonyl (C=O) groups is 1. The molecule has 0 aromatic carbocycles. The van der Waals surface area contributed by atoms with Crippen LogP contribution < -0.4 is 5.73 Å². The maximum absolute atomic E-state index is 12.3. The zero-order chi connectivity index (χ0) is 14.4. The maximum atomic E-state index is 12.3. The standard InChI is InChI=1S/C14H20BrN3O2/c15-12-8-11(9-17-10-12)14(19)18-5-2-13(3-6-18)20-7-1-4-16/h8-10,13H,1-7,16H2. The molecule has 1 aliphatic heterocycles. The molecule has 20 heavy (non-hydrogen) atoms. The average Bonchev–Trinajstić information content (AvgIpc) is 2.47. The molecule has 0 atom stereocenters. The van der Waals surface area contributed by atoms with E-state index in [-0.39, 0.29) is 12.0 Å². The Morgan fingerprint density at radius 3 is 2.85 bits per heavy atom. The first kappa shape index (κ1) is 15.4. The summed E-state index contributed by atoms with van der Waals surface area (Å²) in [4.78, 5) is 18.2. The zero-order valence-electron chi connectivity index (χ0n) is 11.4. The van der Waals surface area contributed by atoms with Crippen LogP contribution in [0.1, 0.15) is 29.6 Å². The molecule has 1 aromatic rings. The Bertz CT molecular complexity index is 448. The summed E-state index contributed by atoms with van der Waals surface area (Å²) in [7, 11) is 0. The van der Waals surface area contributed by atoms with Crippen LogP contribution in [0.4, 0.5) is 0 Å². The smallest absolute Gasteiger partial charge is 0.255 e. The Hall–Kier alpha value is -0.980. The number of nitrogens with two attached hydrogens (primary N) is 1. The third kappa shape index (κ3) is 4.26. The van der Waals surface area contributed by atoms with Crippen molar-refractivity contribution in [1.82, 2.24) is 9.88 Å². The van der Waals surface area contributed by atoms with Crippen molar-refractivity contribution < 1.29 is 9.53 Å². The predicted octanol–water partition coefficient (Wildman–Crippen LogP) is 1.81. The van der Waals surface area contributed by atoms with Crippen molar-refractivity contribution in [3.63, 3.8) is 0 Å². The van der Waals surface area contributed by atoms with Gasteiger partial charge in [-0.05, 0) is 47.8 Å². The molecule has 0 radical (unpaired) electrons. The first-order valence-corrected chi connectivity index (χ1v) is 7.71. The van der Waals surface area contributed by atoms with Crippen molar-refractivity contribution in [2.24, 2.45) is 5.73 Å². The monoisotopic (exact) mass is 341 g/mol. The van der Waals surface area contributed by atoms with Crippen LogP contribution in [0.5, 0.6) is 0 Å². The molecule has 2 rings (SSSR count). The molecule has 1 aromatic heterocycles. The summed E-state index contributed by atoms with van der Waals surface area (Å²) in [5, 5.41) is 0. The van der Waals surface area contributed by atoms with Crippen molar-refractivity contribution in [2.45, 2.75) is 25.4 Å². The number of piperidine rings is 1. The topological polar surface area (TPSA) is 68.5 Å². The Kier molecular flexibility index (Phi) is 5.94. The van der Waals surface area contributed by atoms with E-state index in [1.165, 1.54) is 0 Å². The lowest BCUT2D eigenvalue weighted by Crippen LogP contribution is -2.41. The third-order valence-corrected chi connectivity index (χ3v) is 3.82. The second-order valence-electron chi connectivity index (χ2n) is 4.90. The molecule has 0 spiro atoms. The summed E-state index contributed by atoms with van der Waals surface area (Å²) in [5.74, 6) is 0.0409. The molecule has 1 amide bonds. The fraction of sp³-hybridized carbons (Fsp3) is 0.571. The van der Waals surface area contributed by atoms with Gasteiger partial charge in [0.05, 0.1) is 11.7 Å². The summed E-state index contributed by atoms with van der Waals surface area (Å²) >= 11 is 3.34. The largest absolute Gasteiger partial charge is 0.378 e. The van der Waals surface area contributed by atoms with Gasteiger partial charge >= 0.3 is 0 Å². The van der Waals surface area contributed by atoms with Crippen LogP contribution in [-0.2, 0) is 4.74 Å². The number of pyridine rings is 1. The first-order valence-electron chi connectivity index (χ1n) is 6.92. The predicted molar refractivity (Wildman–Crippen MR) is 80.5 cm³/mol. The number of carbonyl (C=O) groups excluding carboxylic acids is 1. The van der Waals surface area contributed by atoms with Gasteiger partial charge in [0.2, 0.25) is 0 Å². The Balaban J connectivity index is 1.83. The molecular weight excluding hydrogens is 322 g/mol. The summed E-state index contributed by atoms with van der Waals surface area (Å²) in [6.07, 6.45) is 6.20. The van der Waals surface area contributed by atoms with E-state index in [1.807, 2.05) is 4.90 Å². The zero-order valence-corrected chi connectivity index (χ0v) is 13.0. The van der Waals surface area contributed by atoms with Crippen molar-refractivity contribution in [3.8, 4) is 0 Å². The summed E-state index contributed by atoms with van der Waals surface area (Å²) in [6.45, 7) is 2.84. The lowest BCUT2D eigenvalue weighted by molar-refractivity contribution is 0.00843. The number of nitrogens with zero attached hydrogens (tertiary/aromatic N) is 2. The van der Waals surface area contributed by atoms with Crippen LogP contribution in [0.2, 0.25) is 0 Å². The first-order chi connectivity index (χ1) is 9.70. The fourth-order valence-corrected chi connectivity index (χ4v) is 2.64. The minimum absolute atomic E-state index is 0.0409. The number of aromatic nitrogens is 1. The van der Waals surface area contributed by atoms with E-state index >= 15 is 0 Å². The van der Waals surface area contributed by atoms with Crippen LogP contribution in [-0.4, -0.2) is 48.1 Å². The highest BCUT2D eigenvalue weighted by Crippen LogP contribution is 2.17. The lowest BCUT2D eigenvalue weighted by atomic mass is 10.1. The average molecular weight is 342 g/mol. The number of rotatable bonds is 5. The van der Waals surface area contributed by atoms with Gasteiger partial charge in [-0.1, -0.05) is 0 Å². The van der Waals surface area contributed by atoms with Gasteiger partial charge in [0.15, 0.2) is 0 Å². The molecule has 0 aliphatic carbocycles. The van der Waals surface area contributed by atoms with Gasteiger partial charge in [0, 0.05) is 36.6 Å². The van der Waals surface area contributed by atoms with E-state index in [4.69, 9.17) is 10.5 Å². The highest BCUT2D eigenvalue weighted by molar-refractivity contribution is 9.10. The SMILES string of the molecule is NCCCOC1CCN(C(=O)c2cncc(Br)c2)CC1. The number of ether oxygens (including phenoxy) is 1. The van der Waals surface area contributed by atoms with Crippen LogP contribution in [0.25, 0.3) is 0 Å². The van der Waals surface area contributed by atoms with Gasteiger partial charge < -0.3 is 15.4 Å². The molecule has 1 saturated heterocycles. The van der Waals surface area contributed by atoms with Gasteiger partial charge in [-0.2, -0.15) is 0 Å². The van der Waals surface area contributed by atoms with Gasteiger partial charge in [-0.25, -0.2) is 0 Å². The van der Waals surface area contributed by atoms with Gasteiger partial charge in [-0.3, -0.25) is 9.78 Å². The van der Waals surface area contributed by atoms with Gasteiger partial charge in [0.25, 0.3) is 5.91 Å². The molecule has 5 nitrogen and oxygen atoms in total. The van der Waals surface area contributed by atoms with Crippen molar-refractivity contribution >= 4 is 21.8 Å². The van der Waals surface area contributed by atoms with E-state index in [0.717, 1.165) is 36.8 Å². The van der Waals surface area contributed by atoms with Gasteiger partial charge in [0.1, 0.15) is 0 Å². The molecule has 0 saturated carbocycles. The number of hydrogen-bond acceptors (Lipinski definition) is 4. The number of amides is 1. The molecule has 0 bridgehead atoms. The van der Waals surface area contributed by atoms with E-state index < -0.39 is 0 Å². The van der Waals surface area contributed by atoms with Crippen LogP contribution in [0.15, 0.2) is 22.9 Å². The molecule has 0 unspecified atom stereocenters. The molecule has 2 heterocycles. The molecule has 2 N–H and O–H groups in total. The van der Waals surface area contributed by atoms with Crippen LogP contribution in [0, 0.1) is 0 Å². The number of likely N-dealkylation sites (tertiary alicyclic amines) is 1. The molecule has 110 valence electrons.